The molecule has 1 aliphatic rings. The van der Waals surface area contributed by atoms with Gasteiger partial charge in [0.1, 0.15) is 0 Å². The van der Waals surface area contributed by atoms with Crippen molar-refractivity contribution in [2.24, 2.45) is 11.3 Å². The van der Waals surface area contributed by atoms with Crippen LogP contribution in [0.25, 0.3) is 0 Å². The maximum Gasteiger partial charge on any atom is 0.213 e. The van der Waals surface area contributed by atoms with Gasteiger partial charge in [0.25, 0.3) is 0 Å². The number of hydrogen-bond acceptors (Lipinski definition) is 2. The summed E-state index contributed by atoms with van der Waals surface area (Å²) in [7, 11) is 0. The van der Waals surface area contributed by atoms with E-state index in [1.54, 1.807) is 6.20 Å². The fourth-order valence-electron chi connectivity index (χ4n) is 2.12. The summed E-state index contributed by atoms with van der Waals surface area (Å²) in [5, 5.41) is 0. The summed E-state index contributed by atoms with van der Waals surface area (Å²) in [6.45, 7) is 5.37. The monoisotopic (exact) mass is 283 g/mol. The number of pyridine rings is 1. The van der Waals surface area contributed by atoms with Gasteiger partial charge in [-0.05, 0) is 47.2 Å². The summed E-state index contributed by atoms with van der Waals surface area (Å²) in [6, 6.07) is 3.87. The summed E-state index contributed by atoms with van der Waals surface area (Å²) >= 11 is 3.36. The average molecular weight is 284 g/mol. The van der Waals surface area contributed by atoms with Gasteiger partial charge in [-0.2, -0.15) is 0 Å². The van der Waals surface area contributed by atoms with Crippen LogP contribution >= 0.6 is 15.9 Å². The topological polar surface area (TPSA) is 22.1 Å². The Kier molecular flexibility index (Phi) is 3.53. The lowest BCUT2D eigenvalue weighted by Gasteiger charge is -2.17. The third-order valence-electron chi connectivity index (χ3n) is 3.02. The summed E-state index contributed by atoms with van der Waals surface area (Å²) in [5.74, 6) is 1.49. The summed E-state index contributed by atoms with van der Waals surface area (Å²) < 4.78 is 6.75. The van der Waals surface area contributed by atoms with Crippen LogP contribution in [0.3, 0.4) is 0 Å². The predicted octanol–water partition coefficient (Wildman–Crippen LogP) is 4.05. The molecule has 0 saturated heterocycles. The Morgan fingerprint density at radius 3 is 2.69 bits per heavy atom. The zero-order valence-corrected chi connectivity index (χ0v) is 11.5. The van der Waals surface area contributed by atoms with Gasteiger partial charge in [-0.3, -0.25) is 0 Å². The van der Waals surface area contributed by atoms with Gasteiger partial charge >= 0.3 is 0 Å². The molecule has 0 atom stereocenters. The van der Waals surface area contributed by atoms with Crippen molar-refractivity contribution in [1.29, 1.82) is 0 Å². The highest BCUT2D eigenvalue weighted by Crippen LogP contribution is 2.50. The zero-order valence-electron chi connectivity index (χ0n) is 9.87. The summed E-state index contributed by atoms with van der Waals surface area (Å²) in [5.41, 5.74) is 0.447. The molecule has 16 heavy (non-hydrogen) atoms. The standard InChI is InChI=1S/C13H18BrNO/c1-10(2)7-13(5-6-13)9-16-12-4-3-11(14)8-15-12/h3-4,8,10H,5-7,9H2,1-2H3. The summed E-state index contributed by atoms with van der Waals surface area (Å²) in [6.07, 6.45) is 5.66. The van der Waals surface area contributed by atoms with Gasteiger partial charge < -0.3 is 4.74 Å². The largest absolute Gasteiger partial charge is 0.477 e. The van der Waals surface area contributed by atoms with Crippen molar-refractivity contribution in [2.45, 2.75) is 33.1 Å². The second-order valence-electron chi connectivity index (χ2n) is 5.20. The zero-order chi connectivity index (χ0) is 11.6. The van der Waals surface area contributed by atoms with Gasteiger partial charge in [-0.25, -0.2) is 4.98 Å². The second-order valence-corrected chi connectivity index (χ2v) is 6.12. The van der Waals surface area contributed by atoms with Crippen molar-refractivity contribution in [3.8, 4) is 5.88 Å². The minimum absolute atomic E-state index is 0.447. The Bertz CT molecular complexity index is 343. The number of halogens is 1. The quantitative estimate of drug-likeness (QED) is 0.813. The van der Waals surface area contributed by atoms with Crippen molar-refractivity contribution in [1.82, 2.24) is 4.98 Å². The summed E-state index contributed by atoms with van der Waals surface area (Å²) in [4.78, 5) is 4.22. The van der Waals surface area contributed by atoms with Crippen molar-refractivity contribution in [2.75, 3.05) is 6.61 Å². The third kappa shape index (κ3) is 3.21. The van der Waals surface area contributed by atoms with Crippen LogP contribution in [0.5, 0.6) is 5.88 Å². The van der Waals surface area contributed by atoms with Crippen LogP contribution in [-0.4, -0.2) is 11.6 Å². The lowest BCUT2D eigenvalue weighted by Crippen LogP contribution is -2.15. The maximum absolute atomic E-state index is 5.76. The van der Waals surface area contributed by atoms with Crippen LogP contribution in [0.1, 0.15) is 33.1 Å². The third-order valence-corrected chi connectivity index (χ3v) is 3.49. The van der Waals surface area contributed by atoms with E-state index >= 15 is 0 Å². The van der Waals surface area contributed by atoms with E-state index in [4.69, 9.17) is 4.74 Å². The molecule has 0 aliphatic heterocycles. The van der Waals surface area contributed by atoms with Crippen LogP contribution in [0.15, 0.2) is 22.8 Å². The van der Waals surface area contributed by atoms with Gasteiger partial charge in [-0.15, -0.1) is 0 Å². The Morgan fingerprint density at radius 2 is 2.19 bits per heavy atom. The normalized spacial score (nSPS) is 17.5. The Morgan fingerprint density at radius 1 is 1.44 bits per heavy atom. The molecule has 2 rings (SSSR count). The van der Waals surface area contributed by atoms with Crippen LogP contribution < -0.4 is 4.74 Å². The molecule has 1 aromatic heterocycles. The van der Waals surface area contributed by atoms with Crippen molar-refractivity contribution < 1.29 is 4.74 Å². The number of aromatic nitrogens is 1. The molecule has 0 radical (unpaired) electrons. The van der Waals surface area contributed by atoms with E-state index in [1.807, 2.05) is 12.1 Å². The fourth-order valence-corrected chi connectivity index (χ4v) is 2.36. The van der Waals surface area contributed by atoms with Crippen molar-refractivity contribution >= 4 is 15.9 Å². The molecule has 1 fully saturated rings. The van der Waals surface area contributed by atoms with Gasteiger partial charge in [0.15, 0.2) is 0 Å². The Hall–Kier alpha value is -0.570. The highest BCUT2D eigenvalue weighted by atomic mass is 79.9. The van der Waals surface area contributed by atoms with E-state index in [0.29, 0.717) is 5.41 Å². The lowest BCUT2D eigenvalue weighted by molar-refractivity contribution is 0.203. The first-order valence-corrected chi connectivity index (χ1v) is 6.63. The van der Waals surface area contributed by atoms with E-state index in [2.05, 4.69) is 34.8 Å². The SMILES string of the molecule is CC(C)CC1(COc2ccc(Br)cn2)CC1. The van der Waals surface area contributed by atoms with E-state index in [0.717, 1.165) is 22.9 Å². The van der Waals surface area contributed by atoms with Crippen LogP contribution in [-0.2, 0) is 0 Å². The van der Waals surface area contributed by atoms with Crippen LogP contribution in [0, 0.1) is 11.3 Å². The molecule has 0 unspecified atom stereocenters. The molecule has 0 aromatic carbocycles. The van der Waals surface area contributed by atoms with Gasteiger partial charge in [0, 0.05) is 22.2 Å². The molecule has 1 aliphatic carbocycles. The molecule has 2 nitrogen and oxygen atoms in total. The maximum atomic E-state index is 5.76. The first kappa shape index (κ1) is 11.9. The molecule has 0 spiro atoms. The highest BCUT2D eigenvalue weighted by molar-refractivity contribution is 9.10. The van der Waals surface area contributed by atoms with Gasteiger partial charge in [0.2, 0.25) is 5.88 Å². The molecule has 88 valence electrons. The molecule has 0 bridgehead atoms. The van der Waals surface area contributed by atoms with Gasteiger partial charge in [-0.1, -0.05) is 13.8 Å². The van der Waals surface area contributed by atoms with E-state index in [-0.39, 0.29) is 0 Å². The first-order valence-electron chi connectivity index (χ1n) is 5.84. The molecule has 0 amide bonds. The van der Waals surface area contributed by atoms with E-state index < -0.39 is 0 Å². The minimum atomic E-state index is 0.447. The predicted molar refractivity (Wildman–Crippen MR) is 68.6 cm³/mol. The number of hydrogen-bond donors (Lipinski definition) is 0. The Labute approximate surface area is 106 Å². The highest BCUT2D eigenvalue weighted by Gasteiger charge is 2.43. The van der Waals surface area contributed by atoms with E-state index in [1.165, 1.54) is 19.3 Å². The van der Waals surface area contributed by atoms with E-state index in [9.17, 15) is 0 Å². The number of ether oxygens (including phenoxy) is 1. The minimum Gasteiger partial charge on any atom is -0.477 e. The van der Waals surface area contributed by atoms with Gasteiger partial charge in [0.05, 0.1) is 6.61 Å². The fraction of sp³-hybridized carbons (Fsp3) is 0.615. The second kappa shape index (κ2) is 4.74. The molecular formula is C13H18BrNO. The molecule has 0 N–H and O–H groups in total. The average Bonchev–Trinajstić information content (AvgIpc) is 2.97. The molecule has 3 heteroatoms. The van der Waals surface area contributed by atoms with Crippen molar-refractivity contribution in [3.63, 3.8) is 0 Å². The Balaban J connectivity index is 1.85. The molecule has 1 aromatic rings. The molecular weight excluding hydrogens is 266 g/mol. The molecule has 1 heterocycles. The first-order chi connectivity index (χ1) is 7.60. The van der Waals surface area contributed by atoms with Crippen LogP contribution in [0.2, 0.25) is 0 Å². The molecule has 1 saturated carbocycles. The lowest BCUT2D eigenvalue weighted by atomic mass is 9.95. The van der Waals surface area contributed by atoms with Crippen LogP contribution in [0.4, 0.5) is 0 Å². The number of nitrogens with zero attached hydrogens (tertiary/aromatic N) is 1. The number of rotatable bonds is 5. The van der Waals surface area contributed by atoms with Crippen molar-refractivity contribution in [3.05, 3.63) is 22.8 Å². The smallest absolute Gasteiger partial charge is 0.213 e.